The summed E-state index contributed by atoms with van der Waals surface area (Å²) >= 11 is 0. The third-order valence-corrected chi connectivity index (χ3v) is 5.32. The molecule has 126 valence electrons. The minimum absolute atomic E-state index is 0.181. The Morgan fingerprint density at radius 1 is 1.00 bits per heavy atom. The van der Waals surface area contributed by atoms with E-state index in [0.717, 1.165) is 21.9 Å². The highest BCUT2D eigenvalue weighted by molar-refractivity contribution is 7.92. The van der Waals surface area contributed by atoms with Gasteiger partial charge in [-0.3, -0.25) is 0 Å². The van der Waals surface area contributed by atoms with Crippen LogP contribution in [0.15, 0.2) is 71.8 Å². The number of benzene rings is 3. The van der Waals surface area contributed by atoms with Crippen LogP contribution >= 0.6 is 0 Å². The normalized spacial score (nSPS) is 11.7. The zero-order valence-corrected chi connectivity index (χ0v) is 14.2. The Kier molecular flexibility index (Phi) is 3.58. The van der Waals surface area contributed by atoms with Crippen molar-refractivity contribution in [3.63, 3.8) is 0 Å². The quantitative estimate of drug-likeness (QED) is 0.612. The van der Waals surface area contributed by atoms with Crippen LogP contribution in [-0.2, 0) is 10.0 Å². The van der Waals surface area contributed by atoms with Crippen molar-refractivity contribution in [2.75, 3.05) is 11.9 Å². The van der Waals surface area contributed by atoms with E-state index < -0.39 is 10.0 Å². The van der Waals surface area contributed by atoms with Crippen molar-refractivity contribution < 1.29 is 13.2 Å². The summed E-state index contributed by atoms with van der Waals surface area (Å²) in [7, 11) is -2.12. The lowest BCUT2D eigenvalue weighted by Gasteiger charge is -2.10. The molecule has 1 N–H and O–H groups in total. The summed E-state index contributed by atoms with van der Waals surface area (Å²) in [6.45, 7) is 0. The molecule has 0 saturated carbocycles. The number of nitrogens with zero attached hydrogens (tertiary/aromatic N) is 2. The summed E-state index contributed by atoms with van der Waals surface area (Å²) in [6, 6.07) is 17.7. The van der Waals surface area contributed by atoms with Crippen molar-refractivity contribution in [1.82, 2.24) is 9.89 Å². The fourth-order valence-corrected chi connectivity index (χ4v) is 3.78. The molecule has 3 aromatic carbocycles. The molecule has 0 fully saturated rings. The molecule has 0 aliphatic rings. The van der Waals surface area contributed by atoms with Gasteiger partial charge in [-0.05, 0) is 35.7 Å². The third-order valence-electron chi connectivity index (χ3n) is 4.01. The summed E-state index contributed by atoms with van der Waals surface area (Å²) < 4.78 is 30.4. The number of ether oxygens (including phenoxy) is 1. The Morgan fingerprint density at radius 2 is 1.76 bits per heavy atom. The molecule has 0 bridgehead atoms. The Morgan fingerprint density at radius 3 is 2.52 bits per heavy atom. The molecule has 1 heterocycles. The summed E-state index contributed by atoms with van der Waals surface area (Å²) in [5, 5.41) is 6.85. The van der Waals surface area contributed by atoms with Gasteiger partial charge in [0.15, 0.2) is 0 Å². The number of nitrogens with one attached hydrogen (secondary N) is 1. The van der Waals surface area contributed by atoms with Crippen molar-refractivity contribution in [3.05, 3.63) is 66.9 Å². The third kappa shape index (κ3) is 2.68. The van der Waals surface area contributed by atoms with Crippen molar-refractivity contribution in [3.8, 4) is 5.75 Å². The molecule has 7 heteroatoms. The first kappa shape index (κ1) is 15.5. The van der Waals surface area contributed by atoms with Gasteiger partial charge in [0.1, 0.15) is 11.3 Å². The van der Waals surface area contributed by atoms with E-state index in [2.05, 4.69) is 9.93 Å². The van der Waals surface area contributed by atoms with Gasteiger partial charge >= 0.3 is 0 Å². The maximum Gasteiger partial charge on any atom is 0.276 e. The van der Waals surface area contributed by atoms with Gasteiger partial charge in [0, 0.05) is 10.8 Å². The molecule has 0 aliphatic carbocycles. The van der Waals surface area contributed by atoms with Crippen molar-refractivity contribution in [2.24, 2.45) is 0 Å². The van der Waals surface area contributed by atoms with E-state index >= 15 is 0 Å². The van der Waals surface area contributed by atoms with E-state index in [0.29, 0.717) is 5.52 Å². The molecule has 0 spiro atoms. The SMILES string of the molecule is COc1ccc2c(ccc3cnn(NS(=O)(=O)c4ccccc4)c32)c1. The highest BCUT2D eigenvalue weighted by Gasteiger charge is 2.16. The monoisotopic (exact) mass is 353 g/mol. The fraction of sp³-hybridized carbons (Fsp3) is 0.0556. The second kappa shape index (κ2) is 5.78. The molecular formula is C18H15N3O3S. The van der Waals surface area contributed by atoms with Gasteiger partial charge in [0.2, 0.25) is 0 Å². The fourth-order valence-electron chi connectivity index (χ4n) is 2.79. The summed E-state index contributed by atoms with van der Waals surface area (Å²) in [5.74, 6) is 0.739. The van der Waals surface area contributed by atoms with Gasteiger partial charge in [0.25, 0.3) is 10.0 Å². The molecule has 0 aliphatic heterocycles. The predicted molar refractivity (Wildman–Crippen MR) is 96.8 cm³/mol. The maximum atomic E-state index is 12.6. The second-order valence-corrected chi connectivity index (χ2v) is 7.22. The highest BCUT2D eigenvalue weighted by atomic mass is 32.2. The minimum Gasteiger partial charge on any atom is -0.497 e. The predicted octanol–water partition coefficient (Wildman–Crippen LogP) is 3.13. The van der Waals surface area contributed by atoms with Gasteiger partial charge in [-0.15, -0.1) is 0 Å². The van der Waals surface area contributed by atoms with Gasteiger partial charge in [-0.1, -0.05) is 30.3 Å². The van der Waals surface area contributed by atoms with Crippen LogP contribution in [0.5, 0.6) is 5.75 Å². The lowest BCUT2D eigenvalue weighted by atomic mass is 10.1. The largest absolute Gasteiger partial charge is 0.497 e. The lowest BCUT2D eigenvalue weighted by molar-refractivity contribution is 0.415. The summed E-state index contributed by atoms with van der Waals surface area (Å²) in [4.78, 5) is 4.00. The van der Waals surface area contributed by atoms with Crippen LogP contribution in [0, 0.1) is 0 Å². The molecule has 1 aromatic heterocycles. The number of rotatable bonds is 4. The first-order valence-corrected chi connectivity index (χ1v) is 9.09. The van der Waals surface area contributed by atoms with E-state index in [1.165, 1.54) is 16.9 Å². The smallest absolute Gasteiger partial charge is 0.276 e. The molecule has 4 aromatic rings. The van der Waals surface area contributed by atoms with E-state index in [-0.39, 0.29) is 4.90 Å². The molecular weight excluding hydrogens is 338 g/mol. The van der Waals surface area contributed by atoms with Crippen LogP contribution < -0.4 is 9.57 Å². The molecule has 0 atom stereocenters. The molecule has 0 saturated heterocycles. The van der Waals surface area contributed by atoms with E-state index in [1.807, 2.05) is 30.3 Å². The topological polar surface area (TPSA) is 73.2 Å². The zero-order chi connectivity index (χ0) is 17.4. The first-order valence-electron chi connectivity index (χ1n) is 7.61. The molecule has 0 radical (unpaired) electrons. The number of aromatic nitrogens is 2. The van der Waals surface area contributed by atoms with Gasteiger partial charge in [-0.2, -0.15) is 23.1 Å². The van der Waals surface area contributed by atoms with Crippen LogP contribution in [0.1, 0.15) is 0 Å². The summed E-state index contributed by atoms with van der Waals surface area (Å²) in [5.41, 5.74) is 0.694. The number of fused-ring (bicyclic) bond motifs is 3. The van der Waals surface area contributed by atoms with Crippen molar-refractivity contribution in [1.29, 1.82) is 0 Å². The number of methoxy groups -OCH3 is 1. The van der Waals surface area contributed by atoms with E-state index in [9.17, 15) is 8.42 Å². The second-order valence-electron chi connectivity index (χ2n) is 5.55. The van der Waals surface area contributed by atoms with Gasteiger partial charge in [0.05, 0.1) is 18.2 Å². The average Bonchev–Trinajstić information content (AvgIpc) is 3.04. The van der Waals surface area contributed by atoms with Gasteiger partial charge in [-0.25, -0.2) is 0 Å². The maximum absolute atomic E-state index is 12.6. The van der Waals surface area contributed by atoms with Crippen LogP contribution in [0.4, 0.5) is 0 Å². The average molecular weight is 353 g/mol. The van der Waals surface area contributed by atoms with E-state index in [4.69, 9.17) is 4.74 Å². The van der Waals surface area contributed by atoms with E-state index in [1.54, 1.807) is 31.5 Å². The Balaban J connectivity index is 1.87. The Hall–Kier alpha value is -3.06. The Bertz CT molecular complexity index is 1170. The van der Waals surface area contributed by atoms with Crippen LogP contribution in [0.3, 0.4) is 0 Å². The molecule has 0 amide bonds. The number of hydrogen-bond donors (Lipinski definition) is 1. The van der Waals surface area contributed by atoms with Crippen LogP contribution in [0.25, 0.3) is 21.7 Å². The molecule has 25 heavy (non-hydrogen) atoms. The van der Waals surface area contributed by atoms with Crippen LogP contribution in [0.2, 0.25) is 0 Å². The standard InChI is InChI=1S/C18H15N3O3S/c1-24-15-9-10-17-13(11-15)7-8-14-12-19-21(18(14)17)20-25(22,23)16-5-3-2-4-6-16/h2-12,20H,1H3. The molecule has 4 rings (SSSR count). The zero-order valence-electron chi connectivity index (χ0n) is 13.4. The van der Waals surface area contributed by atoms with Crippen LogP contribution in [-0.4, -0.2) is 25.4 Å². The van der Waals surface area contributed by atoms with Crippen molar-refractivity contribution >= 4 is 31.7 Å². The lowest BCUT2D eigenvalue weighted by Crippen LogP contribution is -2.24. The van der Waals surface area contributed by atoms with Gasteiger partial charge < -0.3 is 4.74 Å². The Labute approximate surface area is 144 Å². The highest BCUT2D eigenvalue weighted by Crippen LogP contribution is 2.28. The number of hydrogen-bond acceptors (Lipinski definition) is 4. The molecule has 6 nitrogen and oxygen atoms in total. The molecule has 0 unspecified atom stereocenters. The minimum atomic E-state index is -3.73. The number of sulfonamides is 1. The first-order chi connectivity index (χ1) is 12.1. The van der Waals surface area contributed by atoms with Crippen molar-refractivity contribution in [2.45, 2.75) is 4.90 Å². The summed E-state index contributed by atoms with van der Waals surface area (Å²) in [6.07, 6.45) is 1.63.